The zero-order chi connectivity index (χ0) is 12.8. The van der Waals surface area contributed by atoms with Crippen LogP contribution in [0.2, 0.25) is 0 Å². The molecule has 1 aliphatic rings. The van der Waals surface area contributed by atoms with E-state index in [2.05, 4.69) is 0 Å². The van der Waals surface area contributed by atoms with Crippen molar-refractivity contribution in [2.45, 2.75) is 20.3 Å². The summed E-state index contributed by atoms with van der Waals surface area (Å²) in [5.41, 5.74) is 0.176. The van der Waals surface area contributed by atoms with Crippen LogP contribution in [0.3, 0.4) is 0 Å². The largest absolute Gasteiger partial charge is 0.493 e. The smallest absolute Gasteiger partial charge is 0.173 e. The topological polar surface area (TPSA) is 35.5 Å². The molecule has 0 bridgehead atoms. The van der Waals surface area contributed by atoms with Crippen molar-refractivity contribution in [3.63, 3.8) is 0 Å². The highest BCUT2D eigenvalue weighted by Gasteiger charge is 2.42. The van der Waals surface area contributed by atoms with Gasteiger partial charge in [-0.15, -0.1) is 0 Å². The summed E-state index contributed by atoms with van der Waals surface area (Å²) in [5.74, 6) is 0.0907. The molecule has 92 valence electrons. The molecule has 0 atom stereocenters. The van der Waals surface area contributed by atoms with Gasteiger partial charge in [-0.25, -0.2) is 4.39 Å². The Labute approximate surface area is 99.5 Å². The molecule has 1 aliphatic carbocycles. The van der Waals surface area contributed by atoms with E-state index in [1.165, 1.54) is 20.3 Å². The Morgan fingerprint density at radius 1 is 1.29 bits per heavy atom. The number of ketones is 1. The predicted octanol–water partition coefficient (Wildman–Crippen LogP) is 2.61. The lowest BCUT2D eigenvalue weighted by atomic mass is 9.89. The summed E-state index contributed by atoms with van der Waals surface area (Å²) >= 11 is 0. The van der Waals surface area contributed by atoms with Crippen LogP contribution in [0.25, 0.3) is 0 Å². The van der Waals surface area contributed by atoms with E-state index in [1.54, 1.807) is 13.8 Å². The van der Waals surface area contributed by atoms with Gasteiger partial charge in [0.2, 0.25) is 0 Å². The van der Waals surface area contributed by atoms with Crippen LogP contribution in [0.4, 0.5) is 4.39 Å². The fourth-order valence-electron chi connectivity index (χ4n) is 2.28. The lowest BCUT2D eigenvalue weighted by Crippen LogP contribution is -2.19. The number of ether oxygens (including phenoxy) is 2. The molecule has 0 spiro atoms. The molecule has 0 unspecified atom stereocenters. The minimum absolute atomic E-state index is 0.0952. The summed E-state index contributed by atoms with van der Waals surface area (Å²) in [5, 5.41) is 0. The molecule has 0 saturated carbocycles. The van der Waals surface area contributed by atoms with Gasteiger partial charge in [-0.1, -0.05) is 13.8 Å². The average Bonchev–Trinajstić information content (AvgIpc) is 2.52. The SMILES string of the molecule is COc1cc(F)c2c(c1OC)C(=O)C(C)(C)C2. The first-order chi connectivity index (χ1) is 7.92. The maximum Gasteiger partial charge on any atom is 0.173 e. The molecule has 0 fully saturated rings. The van der Waals surface area contributed by atoms with Gasteiger partial charge < -0.3 is 9.47 Å². The Kier molecular flexibility index (Phi) is 2.60. The van der Waals surface area contributed by atoms with Crippen LogP contribution < -0.4 is 9.47 Å². The van der Waals surface area contributed by atoms with E-state index in [0.717, 1.165) is 0 Å². The van der Waals surface area contributed by atoms with E-state index in [0.29, 0.717) is 23.3 Å². The van der Waals surface area contributed by atoms with E-state index in [1.807, 2.05) is 0 Å². The maximum atomic E-state index is 13.9. The molecule has 4 heteroatoms. The van der Waals surface area contributed by atoms with Crippen molar-refractivity contribution in [1.82, 2.24) is 0 Å². The number of methoxy groups -OCH3 is 2. The second kappa shape index (κ2) is 3.72. The Bertz CT molecular complexity index is 492. The van der Waals surface area contributed by atoms with Gasteiger partial charge >= 0.3 is 0 Å². The van der Waals surface area contributed by atoms with E-state index in [-0.39, 0.29) is 11.5 Å². The molecule has 1 aromatic rings. The van der Waals surface area contributed by atoms with Crippen LogP contribution in [-0.2, 0) is 6.42 Å². The third-order valence-corrected chi connectivity index (χ3v) is 3.18. The first-order valence-electron chi connectivity index (χ1n) is 5.40. The highest BCUT2D eigenvalue weighted by Crippen LogP contribution is 2.45. The minimum Gasteiger partial charge on any atom is -0.493 e. The Hall–Kier alpha value is -1.58. The quantitative estimate of drug-likeness (QED) is 0.794. The van der Waals surface area contributed by atoms with Gasteiger partial charge in [-0.05, 0) is 6.42 Å². The van der Waals surface area contributed by atoms with Crippen molar-refractivity contribution >= 4 is 5.78 Å². The number of Topliss-reactive ketones (excluding diaryl/α,β-unsaturated/α-hetero) is 1. The van der Waals surface area contributed by atoms with Crippen LogP contribution in [0, 0.1) is 11.2 Å². The zero-order valence-electron chi connectivity index (χ0n) is 10.4. The molecule has 0 heterocycles. The van der Waals surface area contributed by atoms with E-state index >= 15 is 0 Å². The third-order valence-electron chi connectivity index (χ3n) is 3.18. The number of rotatable bonds is 2. The second-order valence-electron chi connectivity index (χ2n) is 4.84. The maximum absolute atomic E-state index is 13.9. The number of hydrogen-bond acceptors (Lipinski definition) is 3. The molecule has 0 radical (unpaired) electrons. The molecule has 0 amide bonds. The molecule has 1 aromatic carbocycles. The molecule has 0 saturated heterocycles. The number of benzene rings is 1. The molecular formula is C13H15FO3. The summed E-state index contributed by atoms with van der Waals surface area (Å²) in [6, 6.07) is 1.27. The standard InChI is InChI=1S/C13H15FO3/c1-13(2)6-7-8(14)5-9(16-3)11(17-4)10(7)12(13)15/h5H,6H2,1-4H3. The fraction of sp³-hybridized carbons (Fsp3) is 0.462. The lowest BCUT2D eigenvalue weighted by Gasteiger charge is -2.14. The van der Waals surface area contributed by atoms with Crippen LogP contribution in [0.1, 0.15) is 29.8 Å². The van der Waals surface area contributed by atoms with E-state index < -0.39 is 11.2 Å². The summed E-state index contributed by atoms with van der Waals surface area (Å²) in [4.78, 5) is 12.2. The number of halogens is 1. The number of carbonyl (C=O) groups excluding carboxylic acids is 1. The van der Waals surface area contributed by atoms with Crippen molar-refractivity contribution in [2.75, 3.05) is 14.2 Å². The highest BCUT2D eigenvalue weighted by atomic mass is 19.1. The van der Waals surface area contributed by atoms with Gasteiger partial charge in [-0.2, -0.15) is 0 Å². The third kappa shape index (κ3) is 1.59. The molecular weight excluding hydrogens is 223 g/mol. The summed E-state index contributed by atoms with van der Waals surface area (Å²) in [6.45, 7) is 3.61. The van der Waals surface area contributed by atoms with Crippen LogP contribution >= 0.6 is 0 Å². The Morgan fingerprint density at radius 3 is 2.47 bits per heavy atom. The van der Waals surface area contributed by atoms with Gasteiger partial charge in [0, 0.05) is 17.0 Å². The number of carbonyl (C=O) groups is 1. The van der Waals surface area contributed by atoms with E-state index in [4.69, 9.17) is 9.47 Å². The van der Waals surface area contributed by atoms with Crippen molar-refractivity contribution < 1.29 is 18.7 Å². The summed E-state index contributed by atoms with van der Waals surface area (Å²) in [7, 11) is 2.88. The number of hydrogen-bond donors (Lipinski definition) is 0. The first kappa shape index (κ1) is 11.9. The normalized spacial score (nSPS) is 16.9. The van der Waals surface area contributed by atoms with Gasteiger partial charge in [0.25, 0.3) is 0 Å². The second-order valence-corrected chi connectivity index (χ2v) is 4.84. The van der Waals surface area contributed by atoms with E-state index in [9.17, 15) is 9.18 Å². The average molecular weight is 238 g/mol. The highest BCUT2D eigenvalue weighted by molar-refractivity contribution is 6.07. The van der Waals surface area contributed by atoms with Crippen molar-refractivity contribution in [2.24, 2.45) is 5.41 Å². The minimum atomic E-state index is -0.581. The monoisotopic (exact) mass is 238 g/mol. The Morgan fingerprint density at radius 2 is 1.94 bits per heavy atom. The van der Waals surface area contributed by atoms with Gasteiger partial charge in [0.1, 0.15) is 5.82 Å². The molecule has 17 heavy (non-hydrogen) atoms. The predicted molar refractivity (Wildman–Crippen MR) is 61.3 cm³/mol. The van der Waals surface area contributed by atoms with Crippen molar-refractivity contribution in [3.8, 4) is 11.5 Å². The van der Waals surface area contributed by atoms with Crippen LogP contribution in [0.5, 0.6) is 11.5 Å². The van der Waals surface area contributed by atoms with Crippen molar-refractivity contribution in [1.29, 1.82) is 0 Å². The lowest BCUT2D eigenvalue weighted by molar-refractivity contribution is 0.0860. The molecule has 0 aromatic heterocycles. The molecule has 0 N–H and O–H groups in total. The van der Waals surface area contributed by atoms with Gasteiger partial charge in [0.15, 0.2) is 17.3 Å². The van der Waals surface area contributed by atoms with Crippen LogP contribution in [-0.4, -0.2) is 20.0 Å². The molecule has 3 nitrogen and oxygen atoms in total. The van der Waals surface area contributed by atoms with Crippen molar-refractivity contribution in [3.05, 3.63) is 23.0 Å². The summed E-state index contributed by atoms with van der Waals surface area (Å²) < 4.78 is 24.1. The fourth-order valence-corrected chi connectivity index (χ4v) is 2.28. The number of fused-ring (bicyclic) bond motifs is 1. The Balaban J connectivity index is 2.73. The zero-order valence-corrected chi connectivity index (χ0v) is 10.4. The van der Waals surface area contributed by atoms with Gasteiger partial charge in [0.05, 0.1) is 19.8 Å². The summed E-state index contributed by atoms with van der Waals surface area (Å²) in [6.07, 6.45) is 0.396. The molecule has 2 rings (SSSR count). The van der Waals surface area contributed by atoms with Crippen LogP contribution in [0.15, 0.2) is 6.07 Å². The van der Waals surface area contributed by atoms with Gasteiger partial charge in [-0.3, -0.25) is 4.79 Å². The first-order valence-corrected chi connectivity index (χ1v) is 5.40. The molecule has 0 aliphatic heterocycles.